The summed E-state index contributed by atoms with van der Waals surface area (Å²) in [4.78, 5) is 12.9. The molecule has 0 aromatic heterocycles. The zero-order valence-corrected chi connectivity index (χ0v) is 11.9. The number of nitro benzene ring substituents is 1. The molecule has 0 N–H and O–H groups in total. The highest BCUT2D eigenvalue weighted by Gasteiger charge is 2.16. The van der Waals surface area contributed by atoms with Crippen LogP contribution in [-0.2, 0) is 5.33 Å². The van der Waals surface area contributed by atoms with E-state index in [2.05, 4.69) is 20.8 Å². The van der Waals surface area contributed by atoms with E-state index in [1.807, 2.05) is 12.1 Å². The second-order valence-corrected chi connectivity index (χ2v) is 5.17. The van der Waals surface area contributed by atoms with Gasteiger partial charge in [-0.2, -0.15) is 0 Å². The minimum Gasteiger partial charge on any atom is -0.372 e. The van der Waals surface area contributed by atoms with Crippen LogP contribution in [0, 0.1) is 10.1 Å². The first-order chi connectivity index (χ1) is 8.72. The zero-order chi connectivity index (χ0) is 13.0. The maximum absolute atomic E-state index is 10.9. The highest BCUT2D eigenvalue weighted by molar-refractivity contribution is 9.08. The summed E-state index contributed by atoms with van der Waals surface area (Å²) < 4.78 is 0. The molecule has 1 saturated heterocycles. The molecule has 1 aromatic carbocycles. The van der Waals surface area contributed by atoms with Crippen LogP contribution in [0.3, 0.4) is 0 Å². The lowest BCUT2D eigenvalue weighted by atomic mass is 10.1. The van der Waals surface area contributed by atoms with Crippen LogP contribution in [0.4, 0.5) is 11.4 Å². The summed E-state index contributed by atoms with van der Waals surface area (Å²) in [5.74, 6) is 0. The van der Waals surface area contributed by atoms with Crippen molar-refractivity contribution in [3.05, 3.63) is 33.9 Å². The molecular formula is C13H17BrN2O2. The zero-order valence-electron chi connectivity index (χ0n) is 10.3. The summed E-state index contributed by atoms with van der Waals surface area (Å²) in [6.07, 6.45) is 4.99. The van der Waals surface area contributed by atoms with Crippen LogP contribution in [-0.4, -0.2) is 18.0 Å². The third-order valence-electron chi connectivity index (χ3n) is 3.37. The molecule has 1 fully saturated rings. The Bertz CT molecular complexity index is 429. The maximum Gasteiger partial charge on any atom is 0.273 e. The van der Waals surface area contributed by atoms with E-state index < -0.39 is 0 Å². The van der Waals surface area contributed by atoms with Crippen LogP contribution < -0.4 is 4.90 Å². The Labute approximate surface area is 115 Å². The van der Waals surface area contributed by atoms with Gasteiger partial charge < -0.3 is 4.90 Å². The topological polar surface area (TPSA) is 46.4 Å². The first-order valence-corrected chi connectivity index (χ1v) is 7.43. The van der Waals surface area contributed by atoms with Crippen LogP contribution in [0.25, 0.3) is 0 Å². The van der Waals surface area contributed by atoms with Crippen molar-refractivity contribution >= 4 is 27.3 Å². The molecule has 2 rings (SSSR count). The first-order valence-electron chi connectivity index (χ1n) is 6.30. The quantitative estimate of drug-likeness (QED) is 0.483. The van der Waals surface area contributed by atoms with Crippen molar-refractivity contribution in [3.63, 3.8) is 0 Å². The van der Waals surface area contributed by atoms with E-state index in [0.717, 1.165) is 24.3 Å². The van der Waals surface area contributed by atoms with Crippen molar-refractivity contribution in [2.75, 3.05) is 18.0 Å². The van der Waals surface area contributed by atoms with Gasteiger partial charge in [0.25, 0.3) is 5.69 Å². The average molecular weight is 313 g/mol. The van der Waals surface area contributed by atoms with Crippen molar-refractivity contribution in [1.29, 1.82) is 0 Å². The lowest BCUT2D eigenvalue weighted by Crippen LogP contribution is -2.23. The Hall–Kier alpha value is -1.10. The van der Waals surface area contributed by atoms with E-state index in [1.165, 1.54) is 25.7 Å². The van der Waals surface area contributed by atoms with Gasteiger partial charge in [-0.25, -0.2) is 0 Å². The Morgan fingerprint density at radius 1 is 1.22 bits per heavy atom. The molecule has 0 atom stereocenters. The fraction of sp³-hybridized carbons (Fsp3) is 0.538. The molecule has 0 unspecified atom stereocenters. The number of halogens is 1. The van der Waals surface area contributed by atoms with Gasteiger partial charge in [0.05, 0.1) is 4.92 Å². The molecule has 0 radical (unpaired) electrons. The fourth-order valence-corrected chi connectivity index (χ4v) is 2.83. The number of hydrogen-bond donors (Lipinski definition) is 0. The van der Waals surface area contributed by atoms with Crippen LogP contribution in [0.15, 0.2) is 18.2 Å². The van der Waals surface area contributed by atoms with E-state index in [1.54, 1.807) is 6.07 Å². The van der Waals surface area contributed by atoms with Crippen molar-refractivity contribution in [2.45, 2.75) is 31.0 Å². The summed E-state index contributed by atoms with van der Waals surface area (Å²) in [6.45, 7) is 2.11. The standard InChI is InChI=1S/C13H17BrN2O2/c14-10-11-9-12(5-6-13(11)16(17)18)15-7-3-1-2-4-8-15/h5-6,9H,1-4,7-8,10H2. The molecule has 1 aliphatic heterocycles. The van der Waals surface area contributed by atoms with E-state index in [0.29, 0.717) is 5.33 Å². The molecule has 0 amide bonds. The molecule has 5 heteroatoms. The number of rotatable bonds is 3. The van der Waals surface area contributed by atoms with Gasteiger partial charge in [0.1, 0.15) is 0 Å². The molecule has 0 spiro atoms. The number of nitrogens with zero attached hydrogens (tertiary/aromatic N) is 2. The second-order valence-electron chi connectivity index (χ2n) is 4.61. The van der Waals surface area contributed by atoms with E-state index >= 15 is 0 Å². The second kappa shape index (κ2) is 6.18. The van der Waals surface area contributed by atoms with Gasteiger partial charge in [0.2, 0.25) is 0 Å². The summed E-state index contributed by atoms with van der Waals surface area (Å²) in [6, 6.07) is 5.44. The van der Waals surface area contributed by atoms with Crippen LogP contribution in [0.2, 0.25) is 0 Å². The maximum atomic E-state index is 10.9. The first kappa shape index (κ1) is 13.3. The number of hydrogen-bond acceptors (Lipinski definition) is 3. The monoisotopic (exact) mass is 312 g/mol. The minimum atomic E-state index is -0.317. The Morgan fingerprint density at radius 3 is 2.44 bits per heavy atom. The fourth-order valence-electron chi connectivity index (χ4n) is 2.38. The molecule has 98 valence electrons. The Morgan fingerprint density at radius 2 is 1.89 bits per heavy atom. The normalized spacial score (nSPS) is 16.4. The van der Waals surface area contributed by atoms with E-state index in [-0.39, 0.29) is 10.6 Å². The number of benzene rings is 1. The third kappa shape index (κ3) is 3.02. The third-order valence-corrected chi connectivity index (χ3v) is 3.98. The van der Waals surface area contributed by atoms with Gasteiger partial charge >= 0.3 is 0 Å². The summed E-state index contributed by atoms with van der Waals surface area (Å²) >= 11 is 3.33. The minimum absolute atomic E-state index is 0.199. The van der Waals surface area contributed by atoms with Gasteiger partial charge in [-0.05, 0) is 25.0 Å². The molecule has 1 heterocycles. The van der Waals surface area contributed by atoms with Gasteiger partial charge in [0, 0.05) is 35.7 Å². The molecule has 0 bridgehead atoms. The van der Waals surface area contributed by atoms with E-state index in [4.69, 9.17) is 0 Å². The van der Waals surface area contributed by atoms with Gasteiger partial charge in [0.15, 0.2) is 0 Å². The predicted octanol–water partition coefficient (Wildman–Crippen LogP) is 3.87. The molecule has 1 aliphatic rings. The average Bonchev–Trinajstić information content (AvgIpc) is 2.66. The Kier molecular flexibility index (Phi) is 4.58. The molecular weight excluding hydrogens is 296 g/mol. The molecule has 0 aliphatic carbocycles. The van der Waals surface area contributed by atoms with Crippen LogP contribution in [0.5, 0.6) is 0 Å². The number of anilines is 1. The molecule has 1 aromatic rings. The lowest BCUT2D eigenvalue weighted by Gasteiger charge is -2.23. The SMILES string of the molecule is O=[N+]([O-])c1ccc(N2CCCCCC2)cc1CBr. The molecule has 18 heavy (non-hydrogen) atoms. The van der Waals surface area contributed by atoms with Gasteiger partial charge in [-0.15, -0.1) is 0 Å². The number of alkyl halides is 1. The summed E-state index contributed by atoms with van der Waals surface area (Å²) in [5, 5.41) is 11.4. The van der Waals surface area contributed by atoms with Gasteiger partial charge in [-0.3, -0.25) is 10.1 Å². The summed E-state index contributed by atoms with van der Waals surface area (Å²) in [7, 11) is 0. The van der Waals surface area contributed by atoms with Crippen molar-refractivity contribution in [2.24, 2.45) is 0 Å². The van der Waals surface area contributed by atoms with E-state index in [9.17, 15) is 10.1 Å². The lowest BCUT2D eigenvalue weighted by molar-refractivity contribution is -0.385. The highest BCUT2D eigenvalue weighted by atomic mass is 79.9. The largest absolute Gasteiger partial charge is 0.372 e. The van der Waals surface area contributed by atoms with Crippen LogP contribution in [0.1, 0.15) is 31.2 Å². The number of nitro groups is 1. The van der Waals surface area contributed by atoms with Crippen molar-refractivity contribution in [1.82, 2.24) is 0 Å². The predicted molar refractivity (Wildman–Crippen MR) is 76.4 cm³/mol. The molecule has 4 nitrogen and oxygen atoms in total. The molecule has 0 saturated carbocycles. The van der Waals surface area contributed by atoms with Gasteiger partial charge in [-0.1, -0.05) is 28.8 Å². The highest BCUT2D eigenvalue weighted by Crippen LogP contribution is 2.28. The van der Waals surface area contributed by atoms with Crippen molar-refractivity contribution in [3.8, 4) is 0 Å². The summed E-state index contributed by atoms with van der Waals surface area (Å²) in [5.41, 5.74) is 2.06. The Balaban J connectivity index is 2.25. The van der Waals surface area contributed by atoms with Crippen LogP contribution >= 0.6 is 15.9 Å². The smallest absolute Gasteiger partial charge is 0.273 e. The van der Waals surface area contributed by atoms with Crippen molar-refractivity contribution < 1.29 is 4.92 Å².